The first-order chi connectivity index (χ1) is 22.3. The van der Waals surface area contributed by atoms with E-state index in [2.05, 4.69) is 5.32 Å². The van der Waals surface area contributed by atoms with Crippen LogP contribution in [0.2, 0.25) is 0 Å². The van der Waals surface area contributed by atoms with Gasteiger partial charge in [0.05, 0.1) is 37.9 Å². The average Bonchev–Trinajstić information content (AvgIpc) is 3.37. The molecule has 22 heteroatoms. The van der Waals surface area contributed by atoms with Gasteiger partial charge in [0.25, 0.3) is 0 Å². The number of nitrogens with two attached hydrogens (primary N) is 2. The zero-order valence-electron chi connectivity index (χ0n) is 25.6. The maximum Gasteiger partial charge on any atom is 0.240 e. The van der Waals surface area contributed by atoms with E-state index < -0.39 is 140 Å². The molecule has 0 spiro atoms. The van der Waals surface area contributed by atoms with Crippen LogP contribution in [0.25, 0.3) is 0 Å². The Hall–Kier alpha value is -1.46. The smallest absolute Gasteiger partial charge is 0.240 e. The minimum atomic E-state index is -3.39. The van der Waals surface area contributed by atoms with E-state index in [0.29, 0.717) is 6.92 Å². The van der Waals surface area contributed by atoms with Crippen molar-refractivity contribution in [1.82, 2.24) is 5.32 Å². The molecule has 3 heterocycles. The van der Waals surface area contributed by atoms with Gasteiger partial charge < -0.3 is 96.4 Å². The lowest BCUT2D eigenvalue weighted by Crippen LogP contribution is -2.76. The number of Topliss-reactive ketones (excluding diaryl/α,β-unsaturated/α-hetero) is 2. The van der Waals surface area contributed by atoms with Crippen molar-refractivity contribution in [2.24, 2.45) is 17.4 Å². The van der Waals surface area contributed by atoms with Crippen LogP contribution in [-0.4, -0.2) is 196 Å². The summed E-state index contributed by atoms with van der Waals surface area (Å²) in [5, 5.41) is 128. The van der Waals surface area contributed by atoms with Gasteiger partial charge in [-0.2, -0.15) is 0 Å². The van der Waals surface area contributed by atoms with Crippen molar-refractivity contribution in [1.29, 1.82) is 0 Å². The quantitative estimate of drug-likeness (QED) is 0.0701. The lowest BCUT2D eigenvalue weighted by molar-refractivity contribution is -0.406. The maximum absolute atomic E-state index is 12.4. The van der Waals surface area contributed by atoms with Crippen molar-refractivity contribution in [3.8, 4) is 0 Å². The molecule has 0 radical (unpaired) electrons. The molecule has 0 aromatic heterocycles. The van der Waals surface area contributed by atoms with Crippen molar-refractivity contribution in [2.45, 2.75) is 123 Å². The van der Waals surface area contributed by atoms with Crippen LogP contribution >= 0.6 is 0 Å². The van der Waals surface area contributed by atoms with Gasteiger partial charge in [0.2, 0.25) is 5.91 Å². The Morgan fingerprint density at radius 1 is 0.812 bits per heavy atom. The van der Waals surface area contributed by atoms with Gasteiger partial charge in [-0.1, -0.05) is 0 Å². The highest BCUT2D eigenvalue weighted by Crippen LogP contribution is 2.39. The zero-order chi connectivity index (χ0) is 36.1. The van der Waals surface area contributed by atoms with E-state index in [9.17, 15) is 70.9 Å². The third-order valence-electron chi connectivity index (χ3n) is 9.27. The van der Waals surface area contributed by atoms with Gasteiger partial charge in [-0.15, -0.1) is 0 Å². The third-order valence-corrected chi connectivity index (χ3v) is 9.27. The van der Waals surface area contributed by atoms with Gasteiger partial charge >= 0.3 is 0 Å². The fourth-order valence-electron chi connectivity index (χ4n) is 6.37. The Bertz CT molecular complexity index is 1130. The molecule has 4 aliphatic rings. The number of carbonyl (C=O) groups excluding carboxylic acids is 2. The molecular weight excluding hydrogens is 658 g/mol. The highest BCUT2D eigenvalue weighted by atomic mass is 16.8. The van der Waals surface area contributed by atoms with Gasteiger partial charge in [-0.3, -0.25) is 14.9 Å². The fraction of sp³-hybridized carbons (Fsp3) is 0.923. The van der Waals surface area contributed by atoms with Crippen LogP contribution in [0.3, 0.4) is 0 Å². The summed E-state index contributed by atoms with van der Waals surface area (Å²) in [6, 6.07) is -5.24. The molecule has 3 saturated heterocycles. The minimum absolute atomic E-state index is 0.327. The van der Waals surface area contributed by atoms with E-state index in [1.165, 1.54) is 0 Å². The van der Waals surface area contributed by atoms with Crippen molar-refractivity contribution in [3.63, 3.8) is 0 Å². The van der Waals surface area contributed by atoms with E-state index >= 15 is 0 Å². The van der Waals surface area contributed by atoms with Crippen LogP contribution in [0.5, 0.6) is 0 Å². The maximum atomic E-state index is 12.4. The summed E-state index contributed by atoms with van der Waals surface area (Å²) in [6.45, 7) is -2.48. The number of ketones is 2. The summed E-state index contributed by atoms with van der Waals surface area (Å²) in [6.07, 6.45) is -21.4. The van der Waals surface area contributed by atoms with Crippen LogP contribution in [0.1, 0.15) is 19.8 Å². The van der Waals surface area contributed by atoms with Crippen LogP contribution in [0.15, 0.2) is 0 Å². The summed E-state index contributed by atoms with van der Waals surface area (Å²) in [7, 11) is 0. The van der Waals surface area contributed by atoms with Crippen molar-refractivity contribution in [2.75, 3.05) is 19.8 Å². The van der Waals surface area contributed by atoms with Gasteiger partial charge in [-0.25, -0.2) is 0 Å². The Balaban J connectivity index is 1.70. The Kier molecular flexibility index (Phi) is 12.0. The Morgan fingerprint density at radius 2 is 1.33 bits per heavy atom. The second-order valence-electron chi connectivity index (χ2n) is 12.6. The molecule has 4 fully saturated rings. The first kappa shape index (κ1) is 39.3. The number of ether oxygens (including phenoxy) is 5. The lowest BCUT2D eigenvalue weighted by Gasteiger charge is -2.54. The molecule has 22 nitrogen and oxygen atoms in total. The second-order valence-corrected chi connectivity index (χ2v) is 12.6. The third kappa shape index (κ3) is 7.04. The van der Waals surface area contributed by atoms with E-state index in [0.717, 1.165) is 0 Å². The summed E-state index contributed by atoms with van der Waals surface area (Å²) < 4.78 is 27.9. The molecule has 4 rings (SSSR count). The number of rotatable bonds is 11. The monoisotopic (exact) mass is 703 g/mol. The van der Waals surface area contributed by atoms with Crippen LogP contribution in [0.4, 0.5) is 0 Å². The number of aliphatic hydroxyl groups excluding tert-OH is 8. The highest BCUT2D eigenvalue weighted by Gasteiger charge is 2.63. The van der Waals surface area contributed by atoms with Gasteiger partial charge in [0, 0.05) is 12.8 Å². The van der Waals surface area contributed by atoms with Crippen molar-refractivity contribution >= 4 is 11.6 Å². The van der Waals surface area contributed by atoms with Crippen LogP contribution in [-0.2, 0) is 33.3 Å². The van der Waals surface area contributed by atoms with Gasteiger partial charge in [0.15, 0.2) is 41.8 Å². The number of hydrogen-bond acceptors (Lipinski definition) is 22. The molecule has 1 aliphatic carbocycles. The molecule has 0 aromatic rings. The van der Waals surface area contributed by atoms with Crippen molar-refractivity contribution in [3.05, 3.63) is 0 Å². The molecule has 0 bridgehead atoms. The Morgan fingerprint density at radius 3 is 1.85 bits per heavy atom. The number of nitrogens with one attached hydrogen (secondary N) is 1. The largest absolute Gasteiger partial charge is 0.394 e. The van der Waals surface area contributed by atoms with Crippen LogP contribution < -0.4 is 16.8 Å². The zero-order valence-corrected chi connectivity index (χ0v) is 25.6. The molecule has 0 amide bonds. The molecule has 1 saturated carbocycles. The van der Waals surface area contributed by atoms with E-state index in [4.69, 9.17) is 35.2 Å². The van der Waals surface area contributed by atoms with Crippen LogP contribution in [0, 0.1) is 5.92 Å². The standard InChI is InChI=1S/C26H45N3O19/c1-24(40,41)25(6-32)20(38)16(36)13(28)22(48-25)46-19-10(5-31)45-23(47-18-9(4-30)44-21(39)12(27)15(18)35)14(17(19)37)29-26(42,43)11-7(33)2-3-8(11)34/h9-23,29-32,35-43H,2-6,27-28H2,1H3/t9-,10-,12-,13-,14-,15-,16-,17-,18?,19?,20+,21-,22+,23+,25-/m1/s1. The predicted molar refractivity (Wildman–Crippen MR) is 148 cm³/mol. The lowest BCUT2D eigenvalue weighted by atomic mass is 9.80. The second kappa shape index (κ2) is 14.6. The average molecular weight is 704 g/mol. The molecule has 2 unspecified atom stereocenters. The molecule has 48 heavy (non-hydrogen) atoms. The molecule has 278 valence electrons. The number of aliphatic hydroxyl groups is 12. The summed E-state index contributed by atoms with van der Waals surface area (Å²) >= 11 is 0. The summed E-state index contributed by atoms with van der Waals surface area (Å²) in [4.78, 5) is 24.8. The molecule has 0 aromatic carbocycles. The molecule has 3 aliphatic heterocycles. The summed E-state index contributed by atoms with van der Waals surface area (Å²) in [5.74, 6) is -10.2. The summed E-state index contributed by atoms with van der Waals surface area (Å²) in [5.41, 5.74) is 8.98. The highest BCUT2D eigenvalue weighted by molar-refractivity contribution is 6.09. The normalized spacial score (nSPS) is 45.1. The van der Waals surface area contributed by atoms with E-state index in [1.54, 1.807) is 0 Å². The Labute approximate surface area is 271 Å². The number of hydrogen-bond donors (Lipinski definition) is 15. The SMILES string of the molecule is CC(O)(O)[C@]1(CO)O[C@H](OC2[C@@H](CO)O[C@@H](OC3[C@@H](CO)O[C@@H](O)[C@H](N)[C@H]3O)[C@H](NC(O)(O)C3C(=O)CCC3=O)[C@H]2O)[C@H](N)[C@@H](O)[C@@H]1O. The first-order valence-electron chi connectivity index (χ1n) is 15.0. The van der Waals surface area contributed by atoms with E-state index in [-0.39, 0.29) is 12.8 Å². The molecule has 17 N–H and O–H groups in total. The van der Waals surface area contributed by atoms with Gasteiger partial charge in [-0.05, 0) is 6.92 Å². The van der Waals surface area contributed by atoms with E-state index in [1.807, 2.05) is 0 Å². The molecular formula is C26H45N3O19. The predicted octanol–water partition coefficient (Wildman–Crippen LogP) is -9.79. The van der Waals surface area contributed by atoms with Crippen molar-refractivity contribution < 1.29 is 94.6 Å². The fourth-order valence-corrected chi connectivity index (χ4v) is 6.37. The first-order valence-corrected chi connectivity index (χ1v) is 15.0. The van der Waals surface area contributed by atoms with Gasteiger partial charge in [0.1, 0.15) is 54.7 Å². The number of carbonyl (C=O) groups is 2. The topological polar surface area (TPSA) is 387 Å². The minimum Gasteiger partial charge on any atom is -0.394 e. The molecule has 15 atom stereocenters.